The Kier molecular flexibility index (Phi) is 3.33. The fraction of sp³-hybridized carbons (Fsp3) is 0.0588. The zero-order valence-corrected chi connectivity index (χ0v) is 11.6. The predicted molar refractivity (Wildman–Crippen MR) is 77.9 cm³/mol. The first-order valence-corrected chi connectivity index (χ1v) is 6.60. The molecule has 1 N–H and O–H groups in total. The molecule has 0 aromatic heterocycles. The van der Waals surface area contributed by atoms with Gasteiger partial charge in [0.1, 0.15) is 17.3 Å². The van der Waals surface area contributed by atoms with Crippen LogP contribution in [-0.2, 0) is 0 Å². The molecule has 1 aliphatic carbocycles. The molecular formula is C17H11F2NO2. The summed E-state index contributed by atoms with van der Waals surface area (Å²) in [6.45, 7) is 1.56. The highest BCUT2D eigenvalue weighted by molar-refractivity contribution is 6.25. The lowest BCUT2D eigenvalue weighted by molar-refractivity contribution is 0.0985. The summed E-state index contributed by atoms with van der Waals surface area (Å²) in [5.41, 5.74) is 0.321. The van der Waals surface area contributed by atoms with Crippen LogP contribution >= 0.6 is 0 Å². The van der Waals surface area contributed by atoms with E-state index in [9.17, 15) is 18.4 Å². The first-order chi connectivity index (χ1) is 10.5. The molecule has 22 heavy (non-hydrogen) atoms. The molecule has 0 unspecified atom stereocenters. The van der Waals surface area contributed by atoms with Crippen molar-refractivity contribution < 1.29 is 18.4 Å². The van der Waals surface area contributed by atoms with Gasteiger partial charge in [-0.05, 0) is 24.6 Å². The van der Waals surface area contributed by atoms with Gasteiger partial charge >= 0.3 is 0 Å². The van der Waals surface area contributed by atoms with Gasteiger partial charge in [0.25, 0.3) is 0 Å². The number of carbonyl (C=O) groups excluding carboxylic acids is 2. The maximum Gasteiger partial charge on any atom is 0.210 e. The van der Waals surface area contributed by atoms with Crippen molar-refractivity contribution in [2.75, 3.05) is 5.32 Å². The Balaban J connectivity index is 2.01. The highest BCUT2D eigenvalue weighted by Crippen LogP contribution is 2.26. The SMILES string of the molecule is Cc1cc(F)c(NC2=CC(=O)c3ccccc3C2=O)c(F)c1. The summed E-state index contributed by atoms with van der Waals surface area (Å²) in [6, 6.07) is 8.61. The van der Waals surface area contributed by atoms with Crippen molar-refractivity contribution in [1.29, 1.82) is 0 Å². The van der Waals surface area contributed by atoms with Gasteiger partial charge in [0, 0.05) is 17.2 Å². The molecule has 5 heteroatoms. The molecule has 0 spiro atoms. The molecule has 0 saturated carbocycles. The lowest BCUT2D eigenvalue weighted by Gasteiger charge is -2.17. The number of ketones is 2. The van der Waals surface area contributed by atoms with Crippen molar-refractivity contribution >= 4 is 17.3 Å². The first-order valence-electron chi connectivity index (χ1n) is 6.60. The van der Waals surface area contributed by atoms with E-state index in [-0.39, 0.29) is 22.6 Å². The standard InChI is InChI=1S/C17H11F2NO2/c1-9-6-12(18)16(13(19)7-9)20-14-8-15(21)10-4-2-3-5-11(10)17(14)22/h2-8,20H,1H3. The minimum absolute atomic E-state index is 0.148. The molecule has 0 radical (unpaired) electrons. The molecule has 3 rings (SSSR count). The van der Waals surface area contributed by atoms with E-state index in [1.165, 1.54) is 12.1 Å². The summed E-state index contributed by atoms with van der Waals surface area (Å²) in [6.07, 6.45) is 1.06. The highest BCUT2D eigenvalue weighted by atomic mass is 19.1. The van der Waals surface area contributed by atoms with Crippen LogP contribution in [0.4, 0.5) is 14.5 Å². The third kappa shape index (κ3) is 2.30. The molecule has 0 saturated heterocycles. The second kappa shape index (κ2) is 5.18. The number of fused-ring (bicyclic) bond motifs is 1. The third-order valence-electron chi connectivity index (χ3n) is 3.40. The maximum absolute atomic E-state index is 13.9. The van der Waals surface area contributed by atoms with Crippen LogP contribution in [0.25, 0.3) is 0 Å². The van der Waals surface area contributed by atoms with Gasteiger partial charge in [-0.1, -0.05) is 24.3 Å². The van der Waals surface area contributed by atoms with Crippen molar-refractivity contribution in [2.24, 2.45) is 0 Å². The van der Waals surface area contributed by atoms with Gasteiger partial charge in [-0.15, -0.1) is 0 Å². The summed E-state index contributed by atoms with van der Waals surface area (Å²) in [5, 5.41) is 2.41. The number of allylic oxidation sites excluding steroid dienone is 2. The predicted octanol–water partition coefficient (Wildman–Crippen LogP) is 3.65. The summed E-state index contributed by atoms with van der Waals surface area (Å²) >= 11 is 0. The first kappa shape index (κ1) is 14.1. The van der Waals surface area contributed by atoms with E-state index < -0.39 is 23.1 Å². The molecule has 110 valence electrons. The van der Waals surface area contributed by atoms with Crippen molar-refractivity contribution in [3.63, 3.8) is 0 Å². The Labute approximate surface area is 125 Å². The zero-order chi connectivity index (χ0) is 15.9. The molecule has 1 aliphatic rings. The average Bonchev–Trinajstić information content (AvgIpc) is 2.47. The Morgan fingerprint density at radius 1 is 0.955 bits per heavy atom. The number of halogens is 2. The average molecular weight is 299 g/mol. The summed E-state index contributed by atoms with van der Waals surface area (Å²) in [5.74, 6) is -2.50. The summed E-state index contributed by atoms with van der Waals surface area (Å²) in [4.78, 5) is 24.3. The topological polar surface area (TPSA) is 46.2 Å². The molecule has 0 amide bonds. The lowest BCUT2D eigenvalue weighted by atomic mass is 9.92. The highest BCUT2D eigenvalue weighted by Gasteiger charge is 2.26. The third-order valence-corrected chi connectivity index (χ3v) is 3.40. The number of rotatable bonds is 2. The Morgan fingerprint density at radius 3 is 2.18 bits per heavy atom. The Morgan fingerprint density at radius 2 is 1.55 bits per heavy atom. The maximum atomic E-state index is 13.9. The fourth-order valence-corrected chi connectivity index (χ4v) is 2.36. The summed E-state index contributed by atoms with van der Waals surface area (Å²) in [7, 11) is 0. The number of aryl methyl sites for hydroxylation is 1. The van der Waals surface area contributed by atoms with Gasteiger partial charge < -0.3 is 5.32 Å². The van der Waals surface area contributed by atoms with E-state index in [0.717, 1.165) is 18.2 Å². The van der Waals surface area contributed by atoms with Crippen molar-refractivity contribution in [3.8, 4) is 0 Å². The van der Waals surface area contributed by atoms with E-state index in [1.54, 1.807) is 19.1 Å². The molecule has 0 aliphatic heterocycles. The van der Waals surface area contributed by atoms with Crippen molar-refractivity contribution in [3.05, 3.63) is 76.5 Å². The normalized spacial score (nSPS) is 13.7. The monoisotopic (exact) mass is 299 g/mol. The Bertz CT molecular complexity index is 817. The number of Topliss-reactive ketones (excluding diaryl/α,β-unsaturated/α-hetero) is 1. The molecule has 0 bridgehead atoms. The number of carbonyl (C=O) groups is 2. The second-order valence-electron chi connectivity index (χ2n) is 5.03. The lowest BCUT2D eigenvalue weighted by Crippen LogP contribution is -2.22. The second-order valence-corrected chi connectivity index (χ2v) is 5.03. The number of benzene rings is 2. The number of hydrogen-bond acceptors (Lipinski definition) is 3. The molecule has 0 fully saturated rings. The van der Waals surface area contributed by atoms with Crippen molar-refractivity contribution in [1.82, 2.24) is 0 Å². The van der Waals surface area contributed by atoms with Gasteiger partial charge in [0.2, 0.25) is 5.78 Å². The van der Waals surface area contributed by atoms with Crippen LogP contribution in [0.3, 0.4) is 0 Å². The number of anilines is 1. The molecular weight excluding hydrogens is 288 g/mol. The molecule has 0 atom stereocenters. The Hall–Kier alpha value is -2.82. The van der Waals surface area contributed by atoms with Crippen LogP contribution in [-0.4, -0.2) is 11.6 Å². The molecule has 0 heterocycles. The van der Waals surface area contributed by atoms with Gasteiger partial charge in [-0.25, -0.2) is 8.78 Å². The molecule has 2 aromatic rings. The van der Waals surface area contributed by atoms with Crippen LogP contribution in [0.1, 0.15) is 26.3 Å². The smallest absolute Gasteiger partial charge is 0.210 e. The minimum Gasteiger partial charge on any atom is -0.347 e. The van der Waals surface area contributed by atoms with E-state index in [2.05, 4.69) is 5.32 Å². The van der Waals surface area contributed by atoms with E-state index in [1.807, 2.05) is 0 Å². The van der Waals surface area contributed by atoms with Gasteiger partial charge in [0.15, 0.2) is 5.78 Å². The van der Waals surface area contributed by atoms with E-state index >= 15 is 0 Å². The minimum atomic E-state index is -0.822. The number of nitrogens with one attached hydrogen (secondary N) is 1. The van der Waals surface area contributed by atoms with Crippen LogP contribution in [0.2, 0.25) is 0 Å². The molecule has 3 nitrogen and oxygen atoms in total. The largest absolute Gasteiger partial charge is 0.347 e. The van der Waals surface area contributed by atoms with Crippen LogP contribution in [0.5, 0.6) is 0 Å². The zero-order valence-electron chi connectivity index (χ0n) is 11.6. The fourth-order valence-electron chi connectivity index (χ4n) is 2.36. The van der Waals surface area contributed by atoms with Crippen LogP contribution in [0.15, 0.2) is 48.2 Å². The van der Waals surface area contributed by atoms with Crippen LogP contribution < -0.4 is 5.32 Å². The van der Waals surface area contributed by atoms with Crippen LogP contribution in [0, 0.1) is 18.6 Å². The number of hydrogen-bond donors (Lipinski definition) is 1. The van der Waals surface area contributed by atoms with Gasteiger partial charge in [-0.3, -0.25) is 9.59 Å². The van der Waals surface area contributed by atoms with E-state index in [4.69, 9.17) is 0 Å². The molecule has 2 aromatic carbocycles. The van der Waals surface area contributed by atoms with Gasteiger partial charge in [-0.2, -0.15) is 0 Å². The summed E-state index contributed by atoms with van der Waals surface area (Å²) < 4.78 is 27.7. The quantitative estimate of drug-likeness (QED) is 0.920. The van der Waals surface area contributed by atoms with Gasteiger partial charge in [0.05, 0.1) is 5.70 Å². The van der Waals surface area contributed by atoms with Crippen molar-refractivity contribution in [2.45, 2.75) is 6.92 Å². The van der Waals surface area contributed by atoms with E-state index in [0.29, 0.717) is 5.56 Å².